The number of carboxylic acid groups (broad SMARTS) is 1. The molecule has 0 radical (unpaired) electrons. The monoisotopic (exact) mass is 246 g/mol. The molecule has 0 bridgehead atoms. The van der Waals surface area contributed by atoms with Crippen LogP contribution in [0.4, 0.5) is 0 Å². The second-order valence-corrected chi connectivity index (χ2v) is 4.22. The molecule has 0 aliphatic carbocycles. The van der Waals surface area contributed by atoms with Gasteiger partial charge in [-0.25, -0.2) is 0 Å². The molecule has 0 amide bonds. The molecular formula is C7H10N4O4S. The van der Waals surface area contributed by atoms with Crippen LogP contribution in [-0.4, -0.2) is 40.0 Å². The quantitative estimate of drug-likeness (QED) is 0.439. The Morgan fingerprint density at radius 3 is 3.06 bits per heavy atom. The second kappa shape index (κ2) is 5.45. The Morgan fingerprint density at radius 1 is 1.88 bits per heavy atom. The van der Waals surface area contributed by atoms with Crippen molar-refractivity contribution in [3.05, 3.63) is 21.2 Å². The van der Waals surface area contributed by atoms with E-state index in [4.69, 9.17) is 5.11 Å². The van der Waals surface area contributed by atoms with Crippen LogP contribution in [0.2, 0.25) is 0 Å². The molecule has 9 heteroatoms. The van der Waals surface area contributed by atoms with Crippen LogP contribution in [0.5, 0.6) is 0 Å². The highest BCUT2D eigenvalue weighted by Gasteiger charge is 2.25. The topological polar surface area (TPSA) is 108 Å². The van der Waals surface area contributed by atoms with Crippen molar-refractivity contribution in [1.82, 2.24) is 5.01 Å². The minimum atomic E-state index is -1.01. The van der Waals surface area contributed by atoms with E-state index in [0.29, 0.717) is 6.42 Å². The average molecular weight is 246 g/mol. The van der Waals surface area contributed by atoms with Gasteiger partial charge in [-0.15, -0.1) is 0 Å². The van der Waals surface area contributed by atoms with Crippen molar-refractivity contribution in [3.8, 4) is 0 Å². The van der Waals surface area contributed by atoms with Gasteiger partial charge in [-0.2, -0.15) is 5.11 Å². The molecular weight excluding hydrogens is 236 g/mol. The summed E-state index contributed by atoms with van der Waals surface area (Å²) in [4.78, 5) is 20.2. The van der Waals surface area contributed by atoms with Crippen LogP contribution in [0.1, 0.15) is 6.42 Å². The Bertz CT molecular complexity index is 356. The van der Waals surface area contributed by atoms with Crippen molar-refractivity contribution in [1.29, 1.82) is 0 Å². The van der Waals surface area contributed by atoms with Crippen LogP contribution < -0.4 is 0 Å². The molecule has 1 aliphatic heterocycles. The molecule has 8 nitrogen and oxygen atoms in total. The highest BCUT2D eigenvalue weighted by molar-refractivity contribution is 8.03. The number of carboxylic acids is 1. The molecule has 0 spiro atoms. The molecule has 1 heterocycles. The largest absolute Gasteiger partial charge is 0.480 e. The maximum absolute atomic E-state index is 10.4. The zero-order valence-electron chi connectivity index (χ0n) is 8.44. The van der Waals surface area contributed by atoms with Crippen LogP contribution in [0, 0.1) is 10.1 Å². The number of likely N-dealkylation sites (N-methyl/N-ethyl adjacent to an activating group) is 1. The zero-order chi connectivity index (χ0) is 12.1. The van der Waals surface area contributed by atoms with E-state index >= 15 is 0 Å². The Morgan fingerprint density at radius 2 is 2.56 bits per heavy atom. The summed E-state index contributed by atoms with van der Waals surface area (Å²) in [6.45, 7) is -0.254. The first-order chi connectivity index (χ1) is 7.49. The number of aliphatic carboxylic acids is 1. The van der Waals surface area contributed by atoms with Gasteiger partial charge in [-0.1, -0.05) is 5.22 Å². The van der Waals surface area contributed by atoms with Gasteiger partial charge < -0.3 is 5.11 Å². The van der Waals surface area contributed by atoms with Crippen LogP contribution in [-0.2, 0) is 4.79 Å². The van der Waals surface area contributed by atoms with Crippen molar-refractivity contribution in [2.24, 2.45) is 10.3 Å². The van der Waals surface area contributed by atoms with Crippen LogP contribution in [0.25, 0.3) is 0 Å². The fourth-order valence-corrected chi connectivity index (χ4v) is 1.84. The maximum Gasteiger partial charge on any atom is 0.324 e. The minimum absolute atomic E-state index is 0.0600. The smallest absolute Gasteiger partial charge is 0.324 e. The van der Waals surface area contributed by atoms with Gasteiger partial charge in [0.05, 0.1) is 4.92 Å². The predicted molar refractivity (Wildman–Crippen MR) is 56.2 cm³/mol. The number of nitrogens with zero attached hydrogens (tertiary/aromatic N) is 4. The van der Waals surface area contributed by atoms with Gasteiger partial charge in [0.1, 0.15) is 11.9 Å². The molecule has 88 valence electrons. The first-order valence-corrected chi connectivity index (χ1v) is 5.22. The van der Waals surface area contributed by atoms with E-state index in [1.807, 2.05) is 0 Å². The van der Waals surface area contributed by atoms with Crippen LogP contribution in [0.15, 0.2) is 21.4 Å². The lowest BCUT2D eigenvalue weighted by atomic mass is 10.4. The second-order valence-electron chi connectivity index (χ2n) is 3.02. The summed E-state index contributed by atoms with van der Waals surface area (Å²) < 4.78 is 0. The van der Waals surface area contributed by atoms with Crippen molar-refractivity contribution >= 4 is 17.7 Å². The first-order valence-electron chi connectivity index (χ1n) is 4.34. The Kier molecular flexibility index (Phi) is 4.23. The molecule has 1 rings (SSSR count). The summed E-state index contributed by atoms with van der Waals surface area (Å²) in [5.74, 6) is -1.01. The third-order valence-corrected chi connectivity index (χ3v) is 2.74. The van der Waals surface area contributed by atoms with Gasteiger partial charge >= 0.3 is 11.0 Å². The van der Waals surface area contributed by atoms with Gasteiger partial charge in [-0.05, 0) is 11.8 Å². The lowest BCUT2D eigenvalue weighted by molar-refractivity contribution is -0.410. The predicted octanol–water partition coefficient (Wildman–Crippen LogP) is 0.951. The highest BCUT2D eigenvalue weighted by atomic mass is 32.2. The lowest BCUT2D eigenvalue weighted by Gasteiger charge is -2.08. The molecule has 1 atom stereocenters. The highest BCUT2D eigenvalue weighted by Crippen LogP contribution is 2.33. The normalized spacial score (nSPS) is 19.8. The summed E-state index contributed by atoms with van der Waals surface area (Å²) in [5, 5.41) is 27.2. The summed E-state index contributed by atoms with van der Waals surface area (Å²) >= 11 is 1.01. The molecule has 0 saturated carbocycles. The number of hydrogen-bond acceptors (Lipinski definition) is 6. The molecule has 1 unspecified atom stereocenters. The molecule has 0 aromatic carbocycles. The zero-order valence-corrected chi connectivity index (χ0v) is 9.25. The number of nitro groups is 1. The molecule has 0 aromatic heterocycles. The maximum atomic E-state index is 10.4. The summed E-state index contributed by atoms with van der Waals surface area (Å²) in [5.41, 5.74) is 0. The summed E-state index contributed by atoms with van der Waals surface area (Å²) in [6.07, 6.45) is 1.91. The van der Waals surface area contributed by atoms with E-state index in [1.165, 1.54) is 13.1 Å². The number of hydrogen-bond donors (Lipinski definition) is 1. The van der Waals surface area contributed by atoms with E-state index in [-0.39, 0.29) is 16.9 Å². The Balaban J connectivity index is 2.38. The molecule has 16 heavy (non-hydrogen) atoms. The van der Waals surface area contributed by atoms with Gasteiger partial charge in [0, 0.05) is 19.5 Å². The van der Waals surface area contributed by atoms with Gasteiger partial charge in [-0.3, -0.25) is 19.9 Å². The standard InChI is InChI=1S/C7H10N4O4S/c1-10(4-7(12)13)9-8-5-2-3-6(16-5)11(14)15/h3,5H,2,4H2,1H3,(H,12,13)/b9-8+. The van der Waals surface area contributed by atoms with Crippen molar-refractivity contribution in [3.63, 3.8) is 0 Å². The average Bonchev–Trinajstić information content (AvgIpc) is 2.61. The fraction of sp³-hybridized carbons (Fsp3) is 0.571. The van der Waals surface area contributed by atoms with E-state index in [2.05, 4.69) is 10.3 Å². The van der Waals surface area contributed by atoms with Gasteiger partial charge in [0.2, 0.25) is 0 Å². The first kappa shape index (κ1) is 12.4. The molecule has 0 aromatic rings. The van der Waals surface area contributed by atoms with Crippen molar-refractivity contribution < 1.29 is 14.8 Å². The van der Waals surface area contributed by atoms with E-state index < -0.39 is 10.9 Å². The van der Waals surface area contributed by atoms with Crippen LogP contribution >= 0.6 is 11.8 Å². The Labute approximate surface area is 95.1 Å². The SMILES string of the molecule is CN(CC(=O)O)/N=N/C1CC=C([N+](=O)[O-])S1. The summed E-state index contributed by atoms with van der Waals surface area (Å²) in [6, 6.07) is 0. The van der Waals surface area contributed by atoms with E-state index in [9.17, 15) is 14.9 Å². The van der Waals surface area contributed by atoms with E-state index in [0.717, 1.165) is 16.8 Å². The number of rotatable bonds is 5. The molecule has 0 fully saturated rings. The Hall–Kier alpha value is -1.64. The number of thioether (sulfide) groups is 1. The molecule has 1 N–H and O–H groups in total. The fourth-order valence-electron chi connectivity index (χ4n) is 0.999. The molecule has 1 aliphatic rings. The van der Waals surface area contributed by atoms with Gasteiger partial charge in [0.15, 0.2) is 0 Å². The van der Waals surface area contributed by atoms with Crippen LogP contribution in [0.3, 0.4) is 0 Å². The van der Waals surface area contributed by atoms with Crippen molar-refractivity contribution in [2.45, 2.75) is 11.8 Å². The molecule has 0 saturated heterocycles. The summed E-state index contributed by atoms with van der Waals surface area (Å²) in [7, 11) is 1.47. The number of carbonyl (C=O) groups is 1. The van der Waals surface area contributed by atoms with Crippen molar-refractivity contribution in [2.75, 3.05) is 13.6 Å². The third kappa shape index (κ3) is 3.85. The van der Waals surface area contributed by atoms with Gasteiger partial charge in [0.25, 0.3) is 0 Å². The van der Waals surface area contributed by atoms with E-state index in [1.54, 1.807) is 0 Å². The lowest BCUT2D eigenvalue weighted by Crippen LogP contribution is -2.20. The minimum Gasteiger partial charge on any atom is -0.480 e. The third-order valence-electron chi connectivity index (χ3n) is 1.63.